The second-order valence-electron chi connectivity index (χ2n) is 7.20. The van der Waals surface area contributed by atoms with Crippen LogP contribution in [0.25, 0.3) is 10.2 Å². The quantitative estimate of drug-likeness (QED) is 0.687. The van der Waals surface area contributed by atoms with Crippen molar-refractivity contribution in [3.05, 3.63) is 46.0 Å². The molecule has 7 nitrogen and oxygen atoms in total. The van der Waals surface area contributed by atoms with Gasteiger partial charge in [-0.05, 0) is 35.2 Å². The Morgan fingerprint density at radius 3 is 2.82 bits per heavy atom. The second kappa shape index (κ2) is 6.94. The molecule has 1 aromatic carbocycles. The third kappa shape index (κ3) is 3.13. The molecule has 4 rings (SSSR count). The van der Waals surface area contributed by atoms with Gasteiger partial charge < -0.3 is 15.2 Å². The standard InChI is InChI=1S/C20H21N3O4S/c1-10(2)16-13-9-15(28-19(13)23(3)22-16)18(24)21-17(20(25)26)12-4-5-14-11(8-12)6-7-27-14/h4-5,8-10,17H,6-7H2,1-3H3,(H,21,24)(H,25,26). The first kappa shape index (κ1) is 18.5. The molecule has 3 aromatic rings. The molecule has 0 aliphatic carbocycles. The highest BCUT2D eigenvalue weighted by molar-refractivity contribution is 7.20. The number of benzene rings is 1. The first-order chi connectivity index (χ1) is 13.3. The van der Waals surface area contributed by atoms with Crippen molar-refractivity contribution in [2.45, 2.75) is 32.2 Å². The number of aryl methyl sites for hydroxylation is 1. The molecule has 1 aliphatic heterocycles. The number of ether oxygens (including phenoxy) is 1. The van der Waals surface area contributed by atoms with E-state index in [0.717, 1.165) is 33.6 Å². The molecule has 0 fully saturated rings. The fourth-order valence-electron chi connectivity index (χ4n) is 3.48. The summed E-state index contributed by atoms with van der Waals surface area (Å²) < 4.78 is 7.23. The Hall–Kier alpha value is -2.87. The molecular weight excluding hydrogens is 378 g/mol. The molecular formula is C20H21N3O4S. The number of nitrogens with one attached hydrogen (secondary N) is 1. The maximum atomic E-state index is 12.8. The van der Waals surface area contributed by atoms with Gasteiger partial charge in [-0.3, -0.25) is 9.48 Å². The summed E-state index contributed by atoms with van der Waals surface area (Å²) in [7, 11) is 1.85. The van der Waals surface area contributed by atoms with Crippen LogP contribution in [0.2, 0.25) is 0 Å². The number of carbonyl (C=O) groups is 2. The number of aliphatic carboxylic acids is 1. The zero-order chi connectivity index (χ0) is 20.0. The molecule has 1 unspecified atom stereocenters. The molecule has 1 atom stereocenters. The maximum absolute atomic E-state index is 12.8. The van der Waals surface area contributed by atoms with Crippen molar-refractivity contribution in [3.8, 4) is 5.75 Å². The van der Waals surface area contributed by atoms with E-state index in [2.05, 4.69) is 24.3 Å². The number of hydrogen-bond acceptors (Lipinski definition) is 5. The number of aromatic nitrogens is 2. The first-order valence-electron chi connectivity index (χ1n) is 9.11. The normalized spacial score (nSPS) is 14.1. The van der Waals surface area contributed by atoms with Crippen LogP contribution in [0.1, 0.15) is 52.3 Å². The summed E-state index contributed by atoms with van der Waals surface area (Å²) in [5.74, 6) is -0.495. The average Bonchev–Trinajstić information content (AvgIpc) is 3.34. The van der Waals surface area contributed by atoms with Crippen LogP contribution in [0.5, 0.6) is 5.75 Å². The van der Waals surface area contributed by atoms with Gasteiger partial charge in [-0.2, -0.15) is 5.10 Å². The zero-order valence-corrected chi connectivity index (χ0v) is 16.7. The van der Waals surface area contributed by atoms with Crippen LogP contribution in [-0.2, 0) is 18.3 Å². The molecule has 8 heteroatoms. The van der Waals surface area contributed by atoms with E-state index in [9.17, 15) is 14.7 Å². The molecule has 146 valence electrons. The summed E-state index contributed by atoms with van der Waals surface area (Å²) in [5.41, 5.74) is 2.43. The van der Waals surface area contributed by atoms with Gasteiger partial charge in [0, 0.05) is 18.9 Å². The van der Waals surface area contributed by atoms with Gasteiger partial charge in [-0.1, -0.05) is 19.9 Å². The molecule has 2 N–H and O–H groups in total. The van der Waals surface area contributed by atoms with Crippen molar-refractivity contribution < 1.29 is 19.4 Å². The number of amides is 1. The Kier molecular flexibility index (Phi) is 4.58. The lowest BCUT2D eigenvalue weighted by Gasteiger charge is -2.15. The van der Waals surface area contributed by atoms with Crippen molar-refractivity contribution in [2.24, 2.45) is 7.05 Å². The molecule has 28 heavy (non-hydrogen) atoms. The highest BCUT2D eigenvalue weighted by Gasteiger charge is 2.26. The van der Waals surface area contributed by atoms with Crippen LogP contribution in [0, 0.1) is 0 Å². The van der Waals surface area contributed by atoms with Crippen molar-refractivity contribution >= 4 is 33.4 Å². The summed E-state index contributed by atoms with van der Waals surface area (Å²) >= 11 is 1.31. The number of carboxylic acid groups (broad SMARTS) is 1. The molecule has 1 aliphatic rings. The molecule has 1 amide bonds. The molecule has 0 saturated heterocycles. The number of fused-ring (bicyclic) bond motifs is 2. The Morgan fingerprint density at radius 1 is 1.32 bits per heavy atom. The average molecular weight is 399 g/mol. The van der Waals surface area contributed by atoms with E-state index >= 15 is 0 Å². The van der Waals surface area contributed by atoms with Crippen LogP contribution in [0.15, 0.2) is 24.3 Å². The van der Waals surface area contributed by atoms with E-state index in [0.29, 0.717) is 17.0 Å². The van der Waals surface area contributed by atoms with Gasteiger partial charge in [0.1, 0.15) is 10.6 Å². The van der Waals surface area contributed by atoms with Crippen LogP contribution in [0.4, 0.5) is 0 Å². The van der Waals surface area contributed by atoms with E-state index in [1.165, 1.54) is 11.3 Å². The van der Waals surface area contributed by atoms with Crippen LogP contribution in [0.3, 0.4) is 0 Å². The molecule has 3 heterocycles. The molecule has 0 radical (unpaired) electrons. The number of carboxylic acids is 1. The number of rotatable bonds is 5. The largest absolute Gasteiger partial charge is 0.493 e. The fraction of sp³-hybridized carbons (Fsp3) is 0.350. The molecule has 0 bridgehead atoms. The molecule has 0 saturated carbocycles. The van der Waals surface area contributed by atoms with Crippen LogP contribution >= 0.6 is 11.3 Å². The SMILES string of the molecule is CC(C)c1nn(C)c2sc(C(=O)NC(C(=O)O)c3ccc4c(c3)CCO4)cc12. The molecule has 2 aromatic heterocycles. The van der Waals surface area contributed by atoms with Gasteiger partial charge in [0.2, 0.25) is 0 Å². The minimum Gasteiger partial charge on any atom is -0.493 e. The van der Waals surface area contributed by atoms with Gasteiger partial charge >= 0.3 is 5.97 Å². The third-order valence-corrected chi connectivity index (χ3v) is 6.08. The van der Waals surface area contributed by atoms with Crippen LogP contribution < -0.4 is 10.1 Å². The Labute approximate surface area is 165 Å². The summed E-state index contributed by atoms with van der Waals surface area (Å²) in [5, 5.41) is 17.8. The van der Waals surface area contributed by atoms with Gasteiger partial charge in [0.05, 0.1) is 17.2 Å². The second-order valence-corrected chi connectivity index (χ2v) is 8.23. The third-order valence-electron chi connectivity index (χ3n) is 4.88. The summed E-state index contributed by atoms with van der Waals surface area (Å²) in [6, 6.07) is 5.93. The highest BCUT2D eigenvalue weighted by Crippen LogP contribution is 2.32. The predicted molar refractivity (Wildman–Crippen MR) is 106 cm³/mol. The summed E-state index contributed by atoms with van der Waals surface area (Å²) in [6.07, 6.45) is 0.741. The minimum atomic E-state index is -1.12. The smallest absolute Gasteiger partial charge is 0.330 e. The number of thiophene rings is 1. The van der Waals surface area contributed by atoms with Crippen molar-refractivity contribution in [1.29, 1.82) is 0 Å². The lowest BCUT2D eigenvalue weighted by atomic mass is 10.0. The van der Waals surface area contributed by atoms with Crippen molar-refractivity contribution in [3.63, 3.8) is 0 Å². The lowest BCUT2D eigenvalue weighted by molar-refractivity contribution is -0.139. The number of nitrogens with zero attached hydrogens (tertiary/aromatic N) is 2. The Morgan fingerprint density at radius 2 is 2.11 bits per heavy atom. The van der Waals surface area contributed by atoms with Gasteiger partial charge in [-0.15, -0.1) is 11.3 Å². The highest BCUT2D eigenvalue weighted by atomic mass is 32.1. The van der Waals surface area contributed by atoms with Gasteiger partial charge in [-0.25, -0.2) is 4.79 Å². The summed E-state index contributed by atoms with van der Waals surface area (Å²) in [4.78, 5) is 26.0. The van der Waals surface area contributed by atoms with E-state index < -0.39 is 17.9 Å². The Balaban J connectivity index is 1.63. The van der Waals surface area contributed by atoms with Gasteiger partial charge in [0.15, 0.2) is 6.04 Å². The van der Waals surface area contributed by atoms with Crippen molar-refractivity contribution in [1.82, 2.24) is 15.1 Å². The zero-order valence-electron chi connectivity index (χ0n) is 15.9. The lowest BCUT2D eigenvalue weighted by Crippen LogP contribution is -2.33. The Bertz CT molecular complexity index is 1080. The maximum Gasteiger partial charge on any atom is 0.330 e. The number of hydrogen-bond donors (Lipinski definition) is 2. The van der Waals surface area contributed by atoms with Gasteiger partial charge in [0.25, 0.3) is 5.91 Å². The topological polar surface area (TPSA) is 93.5 Å². The molecule has 0 spiro atoms. The summed E-state index contributed by atoms with van der Waals surface area (Å²) in [6.45, 7) is 4.70. The van der Waals surface area contributed by atoms with Crippen molar-refractivity contribution in [2.75, 3.05) is 6.61 Å². The minimum absolute atomic E-state index is 0.231. The fourth-order valence-corrected chi connectivity index (χ4v) is 4.46. The van der Waals surface area contributed by atoms with E-state index in [1.807, 2.05) is 7.05 Å². The van der Waals surface area contributed by atoms with E-state index in [4.69, 9.17) is 4.74 Å². The van der Waals surface area contributed by atoms with E-state index in [-0.39, 0.29) is 5.92 Å². The first-order valence-corrected chi connectivity index (χ1v) is 9.92. The predicted octanol–water partition coefficient (Wildman–Crippen LogP) is 3.25. The number of carbonyl (C=O) groups excluding carboxylic acids is 1. The van der Waals surface area contributed by atoms with Crippen LogP contribution in [-0.4, -0.2) is 33.4 Å². The van der Waals surface area contributed by atoms with E-state index in [1.54, 1.807) is 28.9 Å². The monoisotopic (exact) mass is 399 g/mol.